The average Bonchev–Trinajstić information content (AvgIpc) is 2.67. The Hall–Kier alpha value is -2.55. The molecule has 0 unspecified atom stereocenters. The topological polar surface area (TPSA) is 32.3 Å². The van der Waals surface area contributed by atoms with E-state index in [2.05, 4.69) is 48.3 Å². The Balaban J connectivity index is 1.56. The van der Waals surface area contributed by atoms with E-state index in [4.69, 9.17) is 0 Å². The number of hydrogen-bond acceptors (Lipinski definition) is 2. The molecule has 0 aromatic heterocycles. The molecule has 1 fully saturated rings. The van der Waals surface area contributed by atoms with Gasteiger partial charge in [-0.1, -0.05) is 48.9 Å². The molecule has 0 saturated carbocycles. The Bertz CT molecular complexity index is 777. The average molecular weight is 363 g/mol. The summed E-state index contributed by atoms with van der Waals surface area (Å²) in [5.41, 5.74) is 4.65. The van der Waals surface area contributed by atoms with Crippen LogP contribution in [-0.4, -0.2) is 19.0 Å². The number of hydrogen-bond donors (Lipinski definition) is 1. The monoisotopic (exact) mass is 362 g/mol. The second-order valence-corrected chi connectivity index (χ2v) is 7.76. The van der Waals surface area contributed by atoms with Crippen LogP contribution < -0.4 is 10.2 Å². The molecule has 142 valence electrons. The maximum Gasteiger partial charge on any atom is 0.244 e. The van der Waals surface area contributed by atoms with Crippen LogP contribution in [0.1, 0.15) is 49.4 Å². The van der Waals surface area contributed by atoms with E-state index < -0.39 is 0 Å². The molecular weight excluding hydrogens is 332 g/mol. The summed E-state index contributed by atoms with van der Waals surface area (Å²) in [7, 11) is 0. The van der Waals surface area contributed by atoms with Gasteiger partial charge < -0.3 is 10.2 Å². The molecule has 27 heavy (non-hydrogen) atoms. The summed E-state index contributed by atoms with van der Waals surface area (Å²) in [6, 6.07) is 16.7. The number of carbonyl (C=O) groups excluding carboxylic acids is 1. The number of carbonyl (C=O) groups is 1. The first-order valence-corrected chi connectivity index (χ1v) is 9.91. The predicted octanol–water partition coefficient (Wildman–Crippen LogP) is 5.12. The zero-order chi connectivity index (χ0) is 19.2. The smallest absolute Gasteiger partial charge is 0.244 e. The molecule has 3 nitrogen and oxygen atoms in total. The minimum atomic E-state index is -0.0722. The fourth-order valence-electron chi connectivity index (χ4n) is 3.59. The number of amides is 1. The van der Waals surface area contributed by atoms with Crippen molar-refractivity contribution in [3.8, 4) is 0 Å². The van der Waals surface area contributed by atoms with Crippen molar-refractivity contribution in [1.82, 2.24) is 5.32 Å². The number of piperidine rings is 1. The maximum atomic E-state index is 12.2. The zero-order valence-corrected chi connectivity index (χ0v) is 16.6. The van der Waals surface area contributed by atoms with Gasteiger partial charge in [0.1, 0.15) is 0 Å². The number of rotatable bonds is 5. The van der Waals surface area contributed by atoms with Crippen molar-refractivity contribution in [2.75, 3.05) is 18.0 Å². The third-order valence-corrected chi connectivity index (χ3v) is 5.28. The molecule has 0 bridgehead atoms. The first-order chi connectivity index (χ1) is 13.0. The van der Waals surface area contributed by atoms with Crippen molar-refractivity contribution >= 4 is 17.7 Å². The summed E-state index contributed by atoms with van der Waals surface area (Å²) in [6.45, 7) is 8.67. The lowest BCUT2D eigenvalue weighted by molar-refractivity contribution is -0.117. The molecule has 1 saturated heterocycles. The fraction of sp³-hybridized carbons (Fsp3) is 0.375. The Kier molecular flexibility index (Phi) is 6.33. The van der Waals surface area contributed by atoms with E-state index in [-0.39, 0.29) is 11.9 Å². The SMILES string of the molecule is Cc1ccc(/C=C/C(=O)N[C@@H](C)c2ccc(N3CCC[C@H](C)C3)cc2)cc1. The molecule has 3 heteroatoms. The Morgan fingerprint density at radius 3 is 2.52 bits per heavy atom. The van der Waals surface area contributed by atoms with Crippen molar-refractivity contribution < 1.29 is 4.79 Å². The van der Waals surface area contributed by atoms with Crippen molar-refractivity contribution in [3.05, 3.63) is 71.3 Å². The second kappa shape index (κ2) is 8.90. The molecule has 2 aromatic carbocycles. The third-order valence-electron chi connectivity index (χ3n) is 5.28. The molecule has 3 rings (SSSR count). The Labute approximate surface area is 163 Å². The van der Waals surface area contributed by atoms with Gasteiger partial charge in [0.05, 0.1) is 6.04 Å². The second-order valence-electron chi connectivity index (χ2n) is 7.76. The summed E-state index contributed by atoms with van der Waals surface area (Å²) >= 11 is 0. The lowest BCUT2D eigenvalue weighted by Gasteiger charge is -2.33. The van der Waals surface area contributed by atoms with Gasteiger partial charge in [0, 0.05) is 24.9 Å². The highest BCUT2D eigenvalue weighted by molar-refractivity contribution is 5.91. The van der Waals surface area contributed by atoms with Gasteiger partial charge in [-0.3, -0.25) is 4.79 Å². The maximum absolute atomic E-state index is 12.2. The summed E-state index contributed by atoms with van der Waals surface area (Å²) < 4.78 is 0. The molecule has 0 aliphatic carbocycles. The van der Waals surface area contributed by atoms with Gasteiger partial charge in [-0.05, 0) is 61.9 Å². The number of benzene rings is 2. The van der Waals surface area contributed by atoms with Crippen LogP contribution in [0.3, 0.4) is 0 Å². The lowest BCUT2D eigenvalue weighted by Crippen LogP contribution is -2.34. The summed E-state index contributed by atoms with van der Waals surface area (Å²) in [5.74, 6) is 0.689. The summed E-state index contributed by atoms with van der Waals surface area (Å²) in [5, 5.41) is 3.04. The van der Waals surface area contributed by atoms with E-state index in [1.165, 1.54) is 24.1 Å². The molecule has 2 aromatic rings. The highest BCUT2D eigenvalue weighted by Gasteiger charge is 2.17. The van der Waals surface area contributed by atoms with E-state index in [1.54, 1.807) is 6.08 Å². The highest BCUT2D eigenvalue weighted by atomic mass is 16.1. The standard InChI is InChI=1S/C24H30N2O/c1-18-6-8-21(9-7-18)10-15-24(27)25-20(3)22-11-13-23(14-12-22)26-16-4-5-19(2)17-26/h6-15,19-20H,4-5,16-17H2,1-3H3,(H,25,27)/b15-10+/t19-,20-/m0/s1. The normalized spacial score (nSPS) is 18.5. The van der Waals surface area contributed by atoms with E-state index in [0.717, 1.165) is 30.1 Å². The van der Waals surface area contributed by atoms with Crippen LogP contribution in [0.15, 0.2) is 54.6 Å². The molecular formula is C24H30N2O. The van der Waals surface area contributed by atoms with E-state index in [9.17, 15) is 4.79 Å². The molecule has 1 amide bonds. The van der Waals surface area contributed by atoms with Gasteiger partial charge in [0.2, 0.25) is 5.91 Å². The molecule has 2 atom stereocenters. The van der Waals surface area contributed by atoms with Crippen LogP contribution in [0.4, 0.5) is 5.69 Å². The minimum absolute atomic E-state index is 0.0190. The van der Waals surface area contributed by atoms with Crippen LogP contribution in [0.2, 0.25) is 0 Å². The largest absolute Gasteiger partial charge is 0.371 e. The molecule has 0 spiro atoms. The van der Waals surface area contributed by atoms with Crippen molar-refractivity contribution in [2.24, 2.45) is 5.92 Å². The zero-order valence-electron chi connectivity index (χ0n) is 16.6. The van der Waals surface area contributed by atoms with E-state index in [1.807, 2.05) is 37.3 Å². The molecule has 0 radical (unpaired) electrons. The fourth-order valence-corrected chi connectivity index (χ4v) is 3.59. The van der Waals surface area contributed by atoms with Gasteiger partial charge in [0.15, 0.2) is 0 Å². The van der Waals surface area contributed by atoms with Crippen LogP contribution in [0.25, 0.3) is 6.08 Å². The Morgan fingerprint density at radius 1 is 1.15 bits per heavy atom. The van der Waals surface area contributed by atoms with Gasteiger partial charge in [0.25, 0.3) is 0 Å². The quantitative estimate of drug-likeness (QED) is 0.749. The van der Waals surface area contributed by atoms with Crippen molar-refractivity contribution in [1.29, 1.82) is 0 Å². The van der Waals surface area contributed by atoms with Crippen LogP contribution >= 0.6 is 0 Å². The van der Waals surface area contributed by atoms with Crippen molar-refractivity contribution in [2.45, 2.75) is 39.7 Å². The van der Waals surface area contributed by atoms with E-state index >= 15 is 0 Å². The van der Waals surface area contributed by atoms with E-state index in [0.29, 0.717) is 0 Å². The number of nitrogens with zero attached hydrogens (tertiary/aromatic N) is 1. The van der Waals surface area contributed by atoms with Crippen molar-refractivity contribution in [3.63, 3.8) is 0 Å². The van der Waals surface area contributed by atoms with Crippen LogP contribution in [0.5, 0.6) is 0 Å². The molecule has 1 aliphatic rings. The number of anilines is 1. The van der Waals surface area contributed by atoms with Gasteiger partial charge in [-0.25, -0.2) is 0 Å². The molecule has 1 aliphatic heterocycles. The number of nitrogens with one attached hydrogen (secondary N) is 1. The number of aryl methyl sites for hydroxylation is 1. The predicted molar refractivity (Wildman–Crippen MR) is 114 cm³/mol. The summed E-state index contributed by atoms with van der Waals surface area (Å²) in [6.07, 6.45) is 6.04. The minimum Gasteiger partial charge on any atom is -0.371 e. The molecule has 1 heterocycles. The van der Waals surface area contributed by atoms with Crippen LogP contribution in [0, 0.1) is 12.8 Å². The highest BCUT2D eigenvalue weighted by Crippen LogP contribution is 2.24. The first kappa shape index (κ1) is 19.2. The molecule has 1 N–H and O–H groups in total. The first-order valence-electron chi connectivity index (χ1n) is 9.91. The third kappa shape index (κ3) is 5.46. The van der Waals surface area contributed by atoms with Crippen LogP contribution in [-0.2, 0) is 4.79 Å². The lowest BCUT2D eigenvalue weighted by atomic mass is 9.99. The summed E-state index contributed by atoms with van der Waals surface area (Å²) in [4.78, 5) is 14.7. The van der Waals surface area contributed by atoms with Gasteiger partial charge >= 0.3 is 0 Å². The van der Waals surface area contributed by atoms with Gasteiger partial charge in [-0.15, -0.1) is 0 Å². The van der Waals surface area contributed by atoms with Gasteiger partial charge in [-0.2, -0.15) is 0 Å². The Morgan fingerprint density at radius 2 is 1.85 bits per heavy atom.